The molecule has 0 unspecified atom stereocenters. The van der Waals surface area contributed by atoms with Gasteiger partial charge in [-0.1, -0.05) is 24.3 Å². The van der Waals surface area contributed by atoms with Crippen LogP contribution in [0.15, 0.2) is 48.5 Å². The molecule has 0 saturated heterocycles. The molecule has 0 amide bonds. The van der Waals surface area contributed by atoms with Crippen LogP contribution in [-0.4, -0.2) is 53.9 Å². The zero-order valence-electron chi connectivity index (χ0n) is 16.3. The van der Waals surface area contributed by atoms with E-state index in [2.05, 4.69) is 24.3 Å². The van der Waals surface area contributed by atoms with E-state index in [9.17, 15) is 0 Å². The summed E-state index contributed by atoms with van der Waals surface area (Å²) >= 11 is 0. The van der Waals surface area contributed by atoms with Crippen LogP contribution in [0.4, 0.5) is 0 Å². The van der Waals surface area contributed by atoms with Crippen LogP contribution in [-0.2, 0) is 27.1 Å². The van der Waals surface area contributed by atoms with Gasteiger partial charge in [-0.25, -0.2) is 0 Å². The quantitative estimate of drug-likeness (QED) is 0.473. The Hall–Kier alpha value is -2.08. The van der Waals surface area contributed by atoms with Crippen molar-refractivity contribution in [2.24, 2.45) is 0 Å². The van der Waals surface area contributed by atoms with Gasteiger partial charge in [0.05, 0.1) is 53.9 Å². The molecule has 2 aromatic rings. The van der Waals surface area contributed by atoms with Gasteiger partial charge in [-0.15, -0.1) is 0 Å². The molecule has 0 fully saturated rings. The predicted octanol–water partition coefficient (Wildman–Crippen LogP) is 3.54. The van der Waals surface area contributed by atoms with Crippen LogP contribution in [0.25, 0.3) is 0 Å². The van der Waals surface area contributed by atoms with Crippen LogP contribution in [0.3, 0.4) is 0 Å². The van der Waals surface area contributed by atoms with Gasteiger partial charge in [0.15, 0.2) is 0 Å². The molecule has 0 spiro atoms. The lowest BCUT2D eigenvalue weighted by molar-refractivity contribution is 0.0156. The van der Waals surface area contributed by atoms with Crippen molar-refractivity contribution in [3.8, 4) is 11.5 Å². The Morgan fingerprint density at radius 3 is 1.15 bits per heavy atom. The minimum Gasteiger partial charge on any atom is -0.497 e. The second-order valence-corrected chi connectivity index (χ2v) is 6.03. The molecule has 0 N–H and O–H groups in total. The second kappa shape index (κ2) is 13.1. The normalized spacial score (nSPS) is 10.7. The van der Waals surface area contributed by atoms with E-state index in [1.807, 2.05) is 24.3 Å². The number of hydrogen-bond donors (Lipinski definition) is 0. The SMILES string of the molecule is COc1ccc(CCOCCOCCOCCc2ccc(OC)cc2)cc1. The van der Waals surface area contributed by atoms with Gasteiger partial charge >= 0.3 is 0 Å². The highest BCUT2D eigenvalue weighted by molar-refractivity contribution is 5.27. The zero-order chi connectivity index (χ0) is 19.2. The Bertz CT molecular complexity index is 554. The standard InChI is InChI=1S/C22H30O5/c1-23-21-7-3-19(4-8-21)11-13-25-15-17-27-18-16-26-14-12-20-5-9-22(24-2)10-6-20/h3-10H,11-18H2,1-2H3. The van der Waals surface area contributed by atoms with Gasteiger partial charge in [0.2, 0.25) is 0 Å². The van der Waals surface area contributed by atoms with Gasteiger partial charge in [0, 0.05) is 0 Å². The van der Waals surface area contributed by atoms with Gasteiger partial charge in [-0.2, -0.15) is 0 Å². The number of hydrogen-bond acceptors (Lipinski definition) is 5. The van der Waals surface area contributed by atoms with Crippen LogP contribution in [0.5, 0.6) is 11.5 Å². The number of methoxy groups -OCH3 is 2. The Morgan fingerprint density at radius 1 is 0.481 bits per heavy atom. The van der Waals surface area contributed by atoms with Crippen LogP contribution in [0.2, 0.25) is 0 Å². The molecule has 0 aliphatic heterocycles. The summed E-state index contributed by atoms with van der Waals surface area (Å²) in [6.45, 7) is 3.75. The summed E-state index contributed by atoms with van der Waals surface area (Å²) < 4.78 is 27.0. The lowest BCUT2D eigenvalue weighted by atomic mass is 10.1. The third kappa shape index (κ3) is 8.91. The third-order valence-electron chi connectivity index (χ3n) is 4.13. The highest BCUT2D eigenvalue weighted by Crippen LogP contribution is 2.12. The molecule has 0 radical (unpaired) electrons. The minimum absolute atomic E-state index is 0.588. The van der Waals surface area contributed by atoms with Crippen LogP contribution >= 0.6 is 0 Å². The Balaban J connectivity index is 1.39. The highest BCUT2D eigenvalue weighted by atomic mass is 16.5. The molecule has 0 aromatic heterocycles. The molecule has 5 nitrogen and oxygen atoms in total. The lowest BCUT2D eigenvalue weighted by Gasteiger charge is -2.08. The number of rotatable bonds is 14. The van der Waals surface area contributed by atoms with Crippen molar-refractivity contribution in [2.45, 2.75) is 12.8 Å². The maximum atomic E-state index is 5.59. The fraction of sp³-hybridized carbons (Fsp3) is 0.455. The summed E-state index contributed by atoms with van der Waals surface area (Å²) in [6, 6.07) is 16.1. The lowest BCUT2D eigenvalue weighted by Crippen LogP contribution is -2.11. The van der Waals surface area contributed by atoms with Crippen LogP contribution < -0.4 is 9.47 Å². The monoisotopic (exact) mass is 374 g/mol. The molecular formula is C22H30O5. The molecule has 0 atom stereocenters. The van der Waals surface area contributed by atoms with Crippen molar-refractivity contribution in [3.05, 3.63) is 59.7 Å². The molecule has 0 heterocycles. The predicted molar refractivity (Wildman–Crippen MR) is 106 cm³/mol. The fourth-order valence-corrected chi connectivity index (χ4v) is 2.51. The first-order chi connectivity index (χ1) is 13.3. The van der Waals surface area contributed by atoms with E-state index in [0.717, 1.165) is 24.3 Å². The molecule has 148 valence electrons. The summed E-state index contributed by atoms with van der Waals surface area (Å²) in [4.78, 5) is 0. The number of ether oxygens (including phenoxy) is 5. The van der Waals surface area contributed by atoms with Crippen molar-refractivity contribution in [2.75, 3.05) is 53.9 Å². The summed E-state index contributed by atoms with van der Waals surface area (Å²) in [7, 11) is 3.34. The molecule has 0 aliphatic rings. The van der Waals surface area contributed by atoms with E-state index in [4.69, 9.17) is 23.7 Å². The summed E-state index contributed by atoms with van der Waals surface area (Å²) in [5.41, 5.74) is 2.48. The molecular weight excluding hydrogens is 344 g/mol. The summed E-state index contributed by atoms with van der Waals surface area (Å²) in [5, 5.41) is 0. The van der Waals surface area contributed by atoms with Crippen LogP contribution in [0, 0.1) is 0 Å². The number of benzene rings is 2. The van der Waals surface area contributed by atoms with Crippen molar-refractivity contribution in [3.63, 3.8) is 0 Å². The van der Waals surface area contributed by atoms with Crippen LogP contribution in [0.1, 0.15) is 11.1 Å². The van der Waals surface area contributed by atoms with E-state index in [1.54, 1.807) is 14.2 Å². The summed E-state index contributed by atoms with van der Waals surface area (Å²) in [5.74, 6) is 1.75. The second-order valence-electron chi connectivity index (χ2n) is 6.03. The topological polar surface area (TPSA) is 46.2 Å². The fourth-order valence-electron chi connectivity index (χ4n) is 2.51. The average Bonchev–Trinajstić information content (AvgIpc) is 2.73. The first kappa shape index (κ1) is 21.2. The third-order valence-corrected chi connectivity index (χ3v) is 4.13. The van der Waals surface area contributed by atoms with Crippen molar-refractivity contribution < 1.29 is 23.7 Å². The van der Waals surface area contributed by atoms with E-state index >= 15 is 0 Å². The van der Waals surface area contributed by atoms with Gasteiger partial charge in [0.1, 0.15) is 11.5 Å². The zero-order valence-corrected chi connectivity index (χ0v) is 16.3. The molecule has 2 aromatic carbocycles. The average molecular weight is 374 g/mol. The maximum Gasteiger partial charge on any atom is 0.118 e. The van der Waals surface area contributed by atoms with E-state index in [0.29, 0.717) is 39.6 Å². The van der Waals surface area contributed by atoms with Crippen molar-refractivity contribution in [1.82, 2.24) is 0 Å². The van der Waals surface area contributed by atoms with E-state index in [-0.39, 0.29) is 0 Å². The Kier molecular flexibility index (Phi) is 10.3. The first-order valence-electron chi connectivity index (χ1n) is 9.31. The van der Waals surface area contributed by atoms with Gasteiger partial charge in [-0.3, -0.25) is 0 Å². The van der Waals surface area contributed by atoms with Gasteiger partial charge < -0.3 is 23.7 Å². The molecule has 2 rings (SSSR count). The minimum atomic E-state index is 0.588. The molecule has 0 aliphatic carbocycles. The highest BCUT2D eigenvalue weighted by Gasteiger charge is 1.97. The molecule has 27 heavy (non-hydrogen) atoms. The van der Waals surface area contributed by atoms with E-state index < -0.39 is 0 Å². The molecule has 0 bridgehead atoms. The maximum absolute atomic E-state index is 5.59. The Morgan fingerprint density at radius 2 is 0.815 bits per heavy atom. The largest absolute Gasteiger partial charge is 0.497 e. The Labute approximate surface area is 162 Å². The first-order valence-corrected chi connectivity index (χ1v) is 9.31. The smallest absolute Gasteiger partial charge is 0.118 e. The van der Waals surface area contributed by atoms with Crippen molar-refractivity contribution >= 4 is 0 Å². The van der Waals surface area contributed by atoms with E-state index in [1.165, 1.54) is 11.1 Å². The summed E-state index contributed by atoms with van der Waals surface area (Å²) in [6.07, 6.45) is 1.77. The van der Waals surface area contributed by atoms with Crippen molar-refractivity contribution in [1.29, 1.82) is 0 Å². The molecule has 0 saturated carbocycles. The van der Waals surface area contributed by atoms with Gasteiger partial charge in [-0.05, 0) is 48.2 Å². The molecule has 5 heteroatoms. The van der Waals surface area contributed by atoms with Gasteiger partial charge in [0.25, 0.3) is 0 Å².